The Labute approximate surface area is 70.0 Å². The van der Waals surface area contributed by atoms with Gasteiger partial charge in [0, 0.05) is 13.1 Å². The molecule has 68 valence electrons. The fourth-order valence-electron chi connectivity index (χ4n) is 1.83. The van der Waals surface area contributed by atoms with E-state index in [1.165, 1.54) is 0 Å². The molecule has 2 aliphatic heterocycles. The van der Waals surface area contributed by atoms with Crippen molar-refractivity contribution in [2.75, 3.05) is 19.6 Å². The minimum Gasteiger partial charge on any atom is -0.388 e. The minimum atomic E-state index is -0.790. The molecule has 2 aliphatic rings. The van der Waals surface area contributed by atoms with Gasteiger partial charge < -0.3 is 20.4 Å². The molecule has 1 amide bonds. The lowest BCUT2D eigenvalue weighted by molar-refractivity contribution is -0.134. The second-order valence-corrected chi connectivity index (χ2v) is 3.30. The van der Waals surface area contributed by atoms with Gasteiger partial charge in [0.25, 0.3) is 0 Å². The molecule has 2 fully saturated rings. The van der Waals surface area contributed by atoms with Crippen molar-refractivity contribution in [2.45, 2.75) is 18.2 Å². The number of hydrogen-bond donors (Lipinski definition) is 3. The lowest BCUT2D eigenvalue weighted by Crippen LogP contribution is -2.54. The van der Waals surface area contributed by atoms with Crippen molar-refractivity contribution >= 4 is 5.91 Å². The van der Waals surface area contributed by atoms with Crippen molar-refractivity contribution in [1.82, 2.24) is 10.2 Å². The van der Waals surface area contributed by atoms with Crippen molar-refractivity contribution in [2.24, 2.45) is 0 Å². The summed E-state index contributed by atoms with van der Waals surface area (Å²) in [5, 5.41) is 21.6. The second-order valence-electron chi connectivity index (χ2n) is 3.30. The van der Waals surface area contributed by atoms with Crippen LogP contribution in [0, 0.1) is 0 Å². The number of hydrogen-bond acceptors (Lipinski definition) is 4. The van der Waals surface area contributed by atoms with Crippen LogP contribution in [-0.4, -0.2) is 58.9 Å². The molecule has 0 spiro atoms. The Hall–Kier alpha value is -0.650. The van der Waals surface area contributed by atoms with E-state index in [1.807, 2.05) is 0 Å². The highest BCUT2D eigenvalue weighted by Crippen LogP contribution is 2.19. The maximum atomic E-state index is 11.2. The van der Waals surface area contributed by atoms with E-state index in [-0.39, 0.29) is 18.5 Å². The summed E-state index contributed by atoms with van der Waals surface area (Å²) in [6, 6.07) is -0.235. The topological polar surface area (TPSA) is 72.8 Å². The fraction of sp³-hybridized carbons (Fsp3) is 0.857. The molecular formula is C7H12N2O3. The van der Waals surface area contributed by atoms with Crippen LogP contribution in [0.5, 0.6) is 0 Å². The largest absolute Gasteiger partial charge is 0.388 e. The zero-order valence-corrected chi connectivity index (χ0v) is 6.60. The number of amides is 1. The Morgan fingerprint density at radius 1 is 1.50 bits per heavy atom. The maximum absolute atomic E-state index is 11.2. The number of carbonyl (C=O) groups is 1. The molecule has 0 aromatic carbocycles. The molecular weight excluding hydrogens is 160 g/mol. The fourth-order valence-corrected chi connectivity index (χ4v) is 1.83. The molecule has 3 atom stereocenters. The summed E-state index contributed by atoms with van der Waals surface area (Å²) in [5.41, 5.74) is 0. The highest BCUT2D eigenvalue weighted by atomic mass is 16.3. The van der Waals surface area contributed by atoms with Gasteiger partial charge in [0.05, 0.1) is 18.7 Å². The van der Waals surface area contributed by atoms with Gasteiger partial charge in [-0.05, 0) is 0 Å². The zero-order valence-electron chi connectivity index (χ0n) is 6.60. The molecule has 0 saturated carbocycles. The van der Waals surface area contributed by atoms with Crippen molar-refractivity contribution in [1.29, 1.82) is 0 Å². The van der Waals surface area contributed by atoms with E-state index in [0.717, 1.165) is 0 Å². The average Bonchev–Trinajstić information content (AvgIpc) is 2.32. The third-order valence-corrected chi connectivity index (χ3v) is 2.52. The molecule has 2 saturated heterocycles. The molecule has 0 radical (unpaired) electrons. The normalized spacial score (nSPS) is 41.7. The van der Waals surface area contributed by atoms with Crippen LogP contribution < -0.4 is 5.32 Å². The van der Waals surface area contributed by atoms with Gasteiger partial charge in [0.2, 0.25) is 5.91 Å². The Morgan fingerprint density at radius 3 is 2.92 bits per heavy atom. The second kappa shape index (κ2) is 2.69. The maximum Gasteiger partial charge on any atom is 0.237 e. The summed E-state index contributed by atoms with van der Waals surface area (Å²) < 4.78 is 0. The van der Waals surface area contributed by atoms with Gasteiger partial charge in [-0.15, -0.1) is 0 Å². The number of rotatable bonds is 0. The summed E-state index contributed by atoms with van der Waals surface area (Å²) in [7, 11) is 0. The van der Waals surface area contributed by atoms with E-state index in [2.05, 4.69) is 5.32 Å². The van der Waals surface area contributed by atoms with Crippen LogP contribution in [0.1, 0.15) is 0 Å². The van der Waals surface area contributed by atoms with Gasteiger partial charge in [-0.2, -0.15) is 0 Å². The number of fused-ring (bicyclic) bond motifs is 1. The number of piperazine rings is 1. The van der Waals surface area contributed by atoms with Gasteiger partial charge in [0.15, 0.2) is 0 Å². The Bertz CT molecular complexity index is 209. The molecule has 5 heteroatoms. The van der Waals surface area contributed by atoms with Crippen LogP contribution in [-0.2, 0) is 4.79 Å². The molecule has 0 bridgehead atoms. The van der Waals surface area contributed by atoms with Gasteiger partial charge >= 0.3 is 0 Å². The third kappa shape index (κ3) is 1.01. The molecule has 2 heterocycles. The summed E-state index contributed by atoms with van der Waals surface area (Å²) in [4.78, 5) is 12.8. The van der Waals surface area contributed by atoms with E-state index in [9.17, 15) is 15.0 Å². The lowest BCUT2D eigenvalue weighted by atomic mass is 10.1. The summed E-state index contributed by atoms with van der Waals surface area (Å²) in [6.07, 6.45) is -1.57. The summed E-state index contributed by atoms with van der Waals surface area (Å²) in [5.74, 6) is -0.0400. The molecule has 0 aromatic rings. The standard InChI is InChI=1S/C7H12N2O3/c10-5-3-9-4(7(5)12)1-8-2-6(9)11/h4-5,7-8,10,12H,1-3H2/t4-,5-,7-/m0/s1. The van der Waals surface area contributed by atoms with Crippen LogP contribution in [0.25, 0.3) is 0 Å². The molecule has 0 aliphatic carbocycles. The molecule has 0 unspecified atom stereocenters. The monoisotopic (exact) mass is 172 g/mol. The predicted molar refractivity (Wildman–Crippen MR) is 40.4 cm³/mol. The molecule has 2 rings (SSSR count). The van der Waals surface area contributed by atoms with Crippen LogP contribution >= 0.6 is 0 Å². The molecule has 3 N–H and O–H groups in total. The Balaban J connectivity index is 2.16. The first-order chi connectivity index (χ1) is 5.70. The van der Waals surface area contributed by atoms with Crippen molar-refractivity contribution in [3.63, 3.8) is 0 Å². The van der Waals surface area contributed by atoms with E-state index in [4.69, 9.17) is 0 Å². The smallest absolute Gasteiger partial charge is 0.237 e. The van der Waals surface area contributed by atoms with E-state index in [1.54, 1.807) is 4.90 Å². The van der Waals surface area contributed by atoms with Crippen molar-refractivity contribution < 1.29 is 15.0 Å². The van der Waals surface area contributed by atoms with Crippen LogP contribution in [0.3, 0.4) is 0 Å². The quantitative estimate of drug-likeness (QED) is 0.378. The Morgan fingerprint density at radius 2 is 2.25 bits per heavy atom. The highest BCUT2D eigenvalue weighted by molar-refractivity contribution is 5.80. The summed E-state index contributed by atoms with van der Waals surface area (Å²) >= 11 is 0. The van der Waals surface area contributed by atoms with Gasteiger partial charge in [0.1, 0.15) is 6.10 Å². The van der Waals surface area contributed by atoms with E-state index >= 15 is 0 Å². The van der Waals surface area contributed by atoms with Crippen molar-refractivity contribution in [3.8, 4) is 0 Å². The van der Waals surface area contributed by atoms with Gasteiger partial charge in [-0.25, -0.2) is 0 Å². The SMILES string of the molecule is O=C1CNC[C@H]2[C@H](O)[C@@H](O)CN12. The minimum absolute atomic E-state index is 0.0400. The van der Waals surface area contributed by atoms with Crippen LogP contribution in [0.4, 0.5) is 0 Å². The molecule has 12 heavy (non-hydrogen) atoms. The van der Waals surface area contributed by atoms with E-state index in [0.29, 0.717) is 13.1 Å². The van der Waals surface area contributed by atoms with Crippen LogP contribution in [0.2, 0.25) is 0 Å². The summed E-state index contributed by atoms with van der Waals surface area (Å²) in [6.45, 7) is 1.16. The number of carbonyl (C=O) groups excluding carboxylic acids is 1. The number of nitrogens with one attached hydrogen (secondary N) is 1. The van der Waals surface area contributed by atoms with E-state index < -0.39 is 12.2 Å². The predicted octanol–water partition coefficient (Wildman–Crippen LogP) is -2.48. The highest BCUT2D eigenvalue weighted by Gasteiger charge is 2.43. The molecule has 0 aromatic heterocycles. The molecule has 5 nitrogen and oxygen atoms in total. The van der Waals surface area contributed by atoms with Crippen LogP contribution in [0.15, 0.2) is 0 Å². The average molecular weight is 172 g/mol. The number of aliphatic hydroxyl groups excluding tert-OH is 2. The van der Waals surface area contributed by atoms with Gasteiger partial charge in [-0.1, -0.05) is 0 Å². The number of nitrogens with zero attached hydrogens (tertiary/aromatic N) is 1. The number of aliphatic hydroxyl groups is 2. The van der Waals surface area contributed by atoms with Crippen molar-refractivity contribution in [3.05, 3.63) is 0 Å². The first kappa shape index (κ1) is 7.97. The Kier molecular flexibility index (Phi) is 1.79. The van der Waals surface area contributed by atoms with Gasteiger partial charge in [-0.3, -0.25) is 4.79 Å². The third-order valence-electron chi connectivity index (χ3n) is 2.52. The first-order valence-corrected chi connectivity index (χ1v) is 4.06. The zero-order chi connectivity index (χ0) is 8.72. The first-order valence-electron chi connectivity index (χ1n) is 4.06. The lowest BCUT2D eigenvalue weighted by Gasteiger charge is -2.30.